The first-order valence-corrected chi connectivity index (χ1v) is 18.2. The predicted molar refractivity (Wildman–Crippen MR) is 93.9 cm³/mol. The van der Waals surface area contributed by atoms with Crippen LogP contribution < -0.4 is 0 Å². The maximum atomic E-state index is 10.5. The maximum absolute atomic E-state index is 10.5. The molecule has 1 aliphatic carbocycles. The number of hydrogen-bond acceptors (Lipinski definition) is 2. The predicted octanol–water partition coefficient (Wildman–Crippen LogP) is 4.92. The van der Waals surface area contributed by atoms with E-state index in [1.165, 1.54) is 0 Å². The van der Waals surface area contributed by atoms with Crippen molar-refractivity contribution in [3.05, 3.63) is 21.5 Å². The summed E-state index contributed by atoms with van der Waals surface area (Å²) in [6.07, 6.45) is 6.87. The monoisotopic (exact) mass is 402 g/mol. The fraction of sp³-hybridized carbons (Fsp3) is 0.778. The van der Waals surface area contributed by atoms with Crippen LogP contribution in [0, 0.1) is 11.3 Å². The third kappa shape index (κ3) is 5.97. The Bertz CT molecular complexity index is 404. The second-order valence-electron chi connectivity index (χ2n) is 8.28. The van der Waals surface area contributed by atoms with Crippen molar-refractivity contribution in [1.82, 2.24) is 0 Å². The molecule has 0 aliphatic heterocycles. The first-order valence-electron chi connectivity index (χ1n) is 8.23. The van der Waals surface area contributed by atoms with Gasteiger partial charge >= 0.3 is 136 Å². The van der Waals surface area contributed by atoms with Gasteiger partial charge in [-0.3, -0.25) is 0 Å². The summed E-state index contributed by atoms with van der Waals surface area (Å²) in [5.41, 5.74) is -0.0386. The summed E-state index contributed by atoms with van der Waals surface area (Å²) in [5.74, 6) is 1.51. The van der Waals surface area contributed by atoms with Gasteiger partial charge in [0.25, 0.3) is 0 Å². The average Bonchev–Trinajstić information content (AvgIpc) is 2.36. The van der Waals surface area contributed by atoms with E-state index in [4.69, 9.17) is 4.74 Å². The van der Waals surface area contributed by atoms with Crippen molar-refractivity contribution in [3.63, 3.8) is 0 Å². The molecule has 0 saturated carbocycles. The molecule has 0 aromatic rings. The zero-order valence-corrected chi connectivity index (χ0v) is 17.8. The number of ether oxygens (including phenoxy) is 1. The SMILES string of the molecule is C/[C](=C/CC1(C)CCC(OCC(C)C)=CC1O)[Sn]([CH3])([CH3])[CH3]. The molecule has 2 nitrogen and oxygen atoms in total. The molecule has 1 N–H and O–H groups in total. The van der Waals surface area contributed by atoms with Crippen LogP contribution in [0.15, 0.2) is 21.5 Å². The summed E-state index contributed by atoms with van der Waals surface area (Å²) in [4.78, 5) is 7.33. The van der Waals surface area contributed by atoms with Gasteiger partial charge in [0.05, 0.1) is 0 Å². The topological polar surface area (TPSA) is 29.5 Å². The molecule has 0 radical (unpaired) electrons. The van der Waals surface area contributed by atoms with Gasteiger partial charge in [-0.25, -0.2) is 0 Å². The number of allylic oxidation sites excluding steroid dienone is 3. The van der Waals surface area contributed by atoms with Crippen molar-refractivity contribution in [3.8, 4) is 0 Å². The third-order valence-electron chi connectivity index (χ3n) is 4.66. The third-order valence-corrected chi connectivity index (χ3v) is 12.0. The Kier molecular flexibility index (Phi) is 6.85. The van der Waals surface area contributed by atoms with E-state index >= 15 is 0 Å². The van der Waals surface area contributed by atoms with Crippen LogP contribution in [0.3, 0.4) is 0 Å². The van der Waals surface area contributed by atoms with Crippen molar-refractivity contribution in [2.24, 2.45) is 11.3 Å². The van der Waals surface area contributed by atoms with Gasteiger partial charge in [-0.2, -0.15) is 0 Å². The normalized spacial score (nSPS) is 27.8. The minimum atomic E-state index is -1.92. The zero-order valence-electron chi connectivity index (χ0n) is 15.0. The van der Waals surface area contributed by atoms with E-state index in [1.807, 2.05) is 6.08 Å². The van der Waals surface area contributed by atoms with Gasteiger partial charge in [0.2, 0.25) is 0 Å². The molecule has 0 spiro atoms. The van der Waals surface area contributed by atoms with E-state index in [1.54, 1.807) is 3.59 Å². The Labute approximate surface area is 135 Å². The zero-order chi connectivity index (χ0) is 16.3. The molecular formula is C18H34O2Sn. The van der Waals surface area contributed by atoms with Crippen molar-refractivity contribution in [1.29, 1.82) is 0 Å². The summed E-state index contributed by atoms with van der Waals surface area (Å²) in [6, 6.07) is 0. The molecular weight excluding hydrogens is 367 g/mol. The van der Waals surface area contributed by atoms with Crippen LogP contribution in [-0.2, 0) is 4.74 Å². The molecule has 21 heavy (non-hydrogen) atoms. The fourth-order valence-corrected chi connectivity index (χ4v) is 4.37. The van der Waals surface area contributed by atoms with Crippen LogP contribution in [0.25, 0.3) is 0 Å². The summed E-state index contributed by atoms with van der Waals surface area (Å²) in [6.45, 7) is 9.52. The molecule has 0 amide bonds. The molecule has 2 unspecified atom stereocenters. The van der Waals surface area contributed by atoms with Gasteiger partial charge in [0.1, 0.15) is 0 Å². The van der Waals surface area contributed by atoms with Crippen LogP contribution in [0.2, 0.25) is 14.8 Å². The Hall–Kier alpha value is 0.0387. The van der Waals surface area contributed by atoms with Crippen LogP contribution in [-0.4, -0.2) is 36.2 Å². The van der Waals surface area contributed by atoms with Gasteiger partial charge in [-0.15, -0.1) is 0 Å². The van der Waals surface area contributed by atoms with Gasteiger partial charge in [0.15, 0.2) is 0 Å². The Morgan fingerprint density at radius 2 is 2.10 bits per heavy atom. The number of hydrogen-bond donors (Lipinski definition) is 1. The molecule has 0 heterocycles. The molecule has 2 atom stereocenters. The molecule has 1 rings (SSSR count). The van der Waals surface area contributed by atoms with Gasteiger partial charge < -0.3 is 0 Å². The van der Waals surface area contributed by atoms with Crippen molar-refractivity contribution >= 4 is 18.4 Å². The summed E-state index contributed by atoms with van der Waals surface area (Å²) in [5, 5.41) is 10.5. The van der Waals surface area contributed by atoms with Crippen LogP contribution in [0.4, 0.5) is 0 Å². The first kappa shape index (κ1) is 19.1. The van der Waals surface area contributed by atoms with E-state index in [0.29, 0.717) is 5.92 Å². The second-order valence-corrected chi connectivity index (χ2v) is 23.4. The van der Waals surface area contributed by atoms with E-state index < -0.39 is 24.5 Å². The Morgan fingerprint density at radius 3 is 2.57 bits per heavy atom. The van der Waals surface area contributed by atoms with Gasteiger partial charge in [-0.05, 0) is 0 Å². The van der Waals surface area contributed by atoms with Crippen molar-refractivity contribution in [2.45, 2.75) is 67.9 Å². The standard InChI is InChI=1S/C15H25O2.3CH3.Sn/c1-5-6-8-15(4)9-7-13(10-14(15)16)17-11-12(2)3;;;;/h6,10,12,14,16H,7-9,11H2,1-4H3;3*1H3;. The van der Waals surface area contributed by atoms with Crippen LogP contribution in [0.5, 0.6) is 0 Å². The minimum absolute atomic E-state index is 0.0386. The molecule has 0 fully saturated rings. The van der Waals surface area contributed by atoms with Crippen molar-refractivity contribution < 1.29 is 9.84 Å². The van der Waals surface area contributed by atoms with Gasteiger partial charge in [-0.1, -0.05) is 0 Å². The molecule has 3 heteroatoms. The van der Waals surface area contributed by atoms with E-state index in [-0.39, 0.29) is 5.41 Å². The van der Waals surface area contributed by atoms with Crippen LogP contribution >= 0.6 is 0 Å². The molecule has 0 bridgehead atoms. The van der Waals surface area contributed by atoms with E-state index in [2.05, 4.69) is 48.6 Å². The number of aliphatic hydroxyl groups is 1. The molecule has 0 aromatic heterocycles. The Morgan fingerprint density at radius 1 is 1.48 bits per heavy atom. The number of aliphatic hydroxyl groups excluding tert-OH is 1. The van der Waals surface area contributed by atoms with Crippen LogP contribution in [0.1, 0.15) is 47.0 Å². The first-order chi connectivity index (χ1) is 9.54. The molecule has 122 valence electrons. The van der Waals surface area contributed by atoms with E-state index in [0.717, 1.165) is 31.6 Å². The molecule has 0 aromatic carbocycles. The summed E-state index contributed by atoms with van der Waals surface area (Å²) < 4.78 is 7.38. The number of rotatable bonds is 6. The average molecular weight is 401 g/mol. The van der Waals surface area contributed by atoms with Gasteiger partial charge in [0, 0.05) is 0 Å². The summed E-state index contributed by atoms with van der Waals surface area (Å²) in [7, 11) is 0. The summed E-state index contributed by atoms with van der Waals surface area (Å²) >= 11 is -1.92. The quantitative estimate of drug-likeness (QED) is 0.641. The Balaban J connectivity index is 2.69. The van der Waals surface area contributed by atoms with Crippen molar-refractivity contribution in [2.75, 3.05) is 6.61 Å². The fourth-order valence-electron chi connectivity index (χ4n) is 2.33. The second kappa shape index (κ2) is 7.54. The molecule has 0 saturated heterocycles. The molecule has 1 aliphatic rings. The van der Waals surface area contributed by atoms with E-state index in [9.17, 15) is 5.11 Å².